The van der Waals surface area contributed by atoms with Gasteiger partial charge in [-0.2, -0.15) is 36.9 Å². The molecule has 0 heterocycles. The molecule has 23 heavy (non-hydrogen) atoms. The van der Waals surface area contributed by atoms with Crippen molar-refractivity contribution in [2.24, 2.45) is 0 Å². The second-order valence-corrected chi connectivity index (χ2v) is 6.24. The molecular formula is C15H16N2O3S2Y-2. The Balaban J connectivity index is 0.000000427. The summed E-state index contributed by atoms with van der Waals surface area (Å²) in [5.41, 5.74) is 7.82. The summed E-state index contributed by atoms with van der Waals surface area (Å²) in [6.07, 6.45) is 0. The molecule has 5 nitrogen and oxygen atoms in total. The van der Waals surface area contributed by atoms with Gasteiger partial charge in [0.1, 0.15) is 0 Å². The number of benzene rings is 2. The topological polar surface area (TPSA) is 87.0 Å². The first-order chi connectivity index (χ1) is 10.4. The molecule has 0 aromatic heterocycles. The van der Waals surface area contributed by atoms with Crippen LogP contribution in [0.2, 0.25) is 0 Å². The van der Waals surface area contributed by atoms with Crippen LogP contribution in [0, 0.1) is 13.0 Å². The van der Waals surface area contributed by atoms with Crippen LogP contribution in [-0.2, 0) is 42.7 Å². The molecule has 2 aromatic rings. The Kier molecular flexibility index (Phi) is 10.6. The number of amides is 1. The minimum Gasteiger partial charge on any atom is -0.664 e. The number of hydrogen-bond acceptors (Lipinski definition) is 4. The molecule has 0 aliphatic carbocycles. The Bertz CT molecular complexity index is 723. The van der Waals surface area contributed by atoms with Crippen molar-refractivity contribution in [3.8, 4) is 0 Å². The Morgan fingerprint density at radius 1 is 1.26 bits per heavy atom. The van der Waals surface area contributed by atoms with Crippen molar-refractivity contribution in [3.05, 3.63) is 71.5 Å². The summed E-state index contributed by atoms with van der Waals surface area (Å²) in [7, 11) is -3.40. The Labute approximate surface area is 167 Å². The maximum absolute atomic E-state index is 11.5. The molecule has 0 atom stereocenters. The summed E-state index contributed by atoms with van der Waals surface area (Å²) in [6.45, 7) is 1.74. The fourth-order valence-electron chi connectivity index (χ4n) is 1.53. The van der Waals surface area contributed by atoms with Gasteiger partial charge < -0.3 is 10.5 Å². The SMILES string of the molecule is Cc1cc[c-]cc1S(=O)(=O)NCS.[NH-]C(=O)c1ccccc1.[Y]. The number of rotatable bonds is 4. The zero-order chi connectivity index (χ0) is 16.6. The fraction of sp³-hybridized carbons (Fsp3) is 0.133. The molecule has 8 heteroatoms. The van der Waals surface area contributed by atoms with Crippen molar-refractivity contribution in [2.75, 3.05) is 5.88 Å². The third kappa shape index (κ3) is 7.59. The minimum atomic E-state index is -3.40. The van der Waals surface area contributed by atoms with Gasteiger partial charge in [0.25, 0.3) is 0 Å². The molecule has 0 saturated heterocycles. The van der Waals surface area contributed by atoms with Crippen LogP contribution in [0.25, 0.3) is 5.73 Å². The van der Waals surface area contributed by atoms with E-state index in [2.05, 4.69) is 23.4 Å². The number of carbonyl (C=O) groups excluding carboxylic acids is 1. The Hall–Kier alpha value is -0.726. The molecule has 0 unspecified atom stereocenters. The average Bonchev–Trinajstić information content (AvgIpc) is 2.49. The normalized spacial score (nSPS) is 10.0. The minimum absolute atomic E-state index is 0. The predicted molar refractivity (Wildman–Crippen MR) is 89.3 cm³/mol. The molecule has 0 saturated carbocycles. The van der Waals surface area contributed by atoms with Gasteiger partial charge in [-0.15, -0.1) is 5.56 Å². The smallest absolute Gasteiger partial charge is 0.194 e. The van der Waals surface area contributed by atoms with Crippen LogP contribution in [0.4, 0.5) is 0 Å². The van der Waals surface area contributed by atoms with E-state index < -0.39 is 15.9 Å². The van der Waals surface area contributed by atoms with Crippen LogP contribution in [-0.4, -0.2) is 20.2 Å². The number of nitrogens with one attached hydrogen (secondary N) is 2. The van der Waals surface area contributed by atoms with Crippen molar-refractivity contribution in [2.45, 2.75) is 11.8 Å². The van der Waals surface area contributed by atoms with Gasteiger partial charge in [-0.3, -0.25) is 0 Å². The van der Waals surface area contributed by atoms with E-state index in [1.807, 2.05) is 6.07 Å². The zero-order valence-corrected chi connectivity index (χ0v) is 17.0. The van der Waals surface area contributed by atoms with Gasteiger partial charge in [0.2, 0.25) is 0 Å². The monoisotopic (exact) mass is 425 g/mol. The van der Waals surface area contributed by atoms with Crippen LogP contribution in [0.5, 0.6) is 0 Å². The van der Waals surface area contributed by atoms with Gasteiger partial charge in [-0.1, -0.05) is 37.3 Å². The third-order valence-corrected chi connectivity index (χ3v) is 4.53. The number of aryl methyl sites for hydroxylation is 1. The summed E-state index contributed by atoms with van der Waals surface area (Å²) in [4.78, 5) is 10.6. The molecule has 2 aromatic carbocycles. The quantitative estimate of drug-likeness (QED) is 0.449. The summed E-state index contributed by atoms with van der Waals surface area (Å²) in [5, 5.41) is 0. The van der Waals surface area contributed by atoms with Gasteiger partial charge in [0.05, 0.1) is 11.8 Å². The summed E-state index contributed by atoms with van der Waals surface area (Å²) >= 11 is 3.80. The van der Waals surface area contributed by atoms with E-state index in [0.29, 0.717) is 11.1 Å². The van der Waals surface area contributed by atoms with Crippen molar-refractivity contribution in [3.63, 3.8) is 0 Å². The van der Waals surface area contributed by atoms with Crippen molar-refractivity contribution in [1.82, 2.24) is 4.72 Å². The molecule has 0 aliphatic rings. The summed E-state index contributed by atoms with van der Waals surface area (Å²) < 4.78 is 25.2. The van der Waals surface area contributed by atoms with E-state index in [0.717, 1.165) is 0 Å². The molecule has 2 N–H and O–H groups in total. The predicted octanol–water partition coefficient (Wildman–Crippen LogP) is 2.84. The first-order valence-corrected chi connectivity index (χ1v) is 8.38. The van der Waals surface area contributed by atoms with Crippen molar-refractivity contribution in [1.29, 1.82) is 0 Å². The van der Waals surface area contributed by atoms with E-state index in [9.17, 15) is 13.2 Å². The van der Waals surface area contributed by atoms with Gasteiger partial charge in [0.15, 0.2) is 10.0 Å². The molecule has 0 spiro atoms. The van der Waals surface area contributed by atoms with E-state index in [1.165, 1.54) is 6.07 Å². The number of hydrogen-bond donors (Lipinski definition) is 2. The molecule has 2 rings (SSSR count). The Morgan fingerprint density at radius 3 is 2.30 bits per heavy atom. The summed E-state index contributed by atoms with van der Waals surface area (Å²) in [5.74, 6) is -0.535. The van der Waals surface area contributed by atoms with Crippen LogP contribution >= 0.6 is 12.6 Å². The van der Waals surface area contributed by atoms with Gasteiger partial charge in [0, 0.05) is 32.7 Å². The first kappa shape index (κ1) is 22.3. The maximum atomic E-state index is 11.5. The van der Waals surface area contributed by atoms with Crippen molar-refractivity contribution < 1.29 is 45.9 Å². The molecule has 1 radical (unpaired) electrons. The third-order valence-electron chi connectivity index (χ3n) is 2.61. The number of sulfonamides is 1. The summed E-state index contributed by atoms with van der Waals surface area (Å²) in [6, 6.07) is 16.1. The molecule has 0 bridgehead atoms. The van der Waals surface area contributed by atoms with Crippen LogP contribution in [0.15, 0.2) is 53.4 Å². The number of thiol groups is 1. The molecule has 121 valence electrons. The largest absolute Gasteiger partial charge is 0.664 e. The molecule has 0 aliphatic heterocycles. The van der Waals surface area contributed by atoms with Gasteiger partial charge >= 0.3 is 0 Å². The average molecular weight is 425 g/mol. The van der Waals surface area contributed by atoms with Crippen LogP contribution < -0.4 is 4.72 Å². The van der Waals surface area contributed by atoms with Crippen molar-refractivity contribution >= 4 is 28.6 Å². The number of carbonyl (C=O) groups is 1. The second-order valence-electron chi connectivity index (χ2n) is 4.19. The fourth-order valence-corrected chi connectivity index (χ4v) is 3.09. The molecular weight excluding hydrogens is 409 g/mol. The van der Waals surface area contributed by atoms with E-state index in [-0.39, 0.29) is 43.5 Å². The second kappa shape index (κ2) is 10.9. The zero-order valence-electron chi connectivity index (χ0n) is 12.5. The maximum Gasteiger partial charge on any atom is 0.194 e. The standard InChI is InChI=1S/C8H10NO2S2.C7H7NO.Y/c1-7-4-2-3-5-8(7)13(10,11)9-6-12;8-7(9)6-4-2-1-3-5-6;/h2,4-5,9,12H,6H2,1H3;1-5H,(H2,8,9);/q-1;;/p-1. The Morgan fingerprint density at radius 2 is 1.87 bits per heavy atom. The van der Waals surface area contributed by atoms with E-state index in [4.69, 9.17) is 5.73 Å². The van der Waals surface area contributed by atoms with Crippen LogP contribution in [0.3, 0.4) is 0 Å². The van der Waals surface area contributed by atoms with Gasteiger partial charge in [-0.05, 0) is 10.5 Å². The first-order valence-electron chi connectivity index (χ1n) is 6.26. The van der Waals surface area contributed by atoms with Crippen LogP contribution in [0.1, 0.15) is 15.9 Å². The molecule has 0 fully saturated rings. The molecule has 1 amide bonds. The van der Waals surface area contributed by atoms with E-state index in [1.54, 1.807) is 43.3 Å². The van der Waals surface area contributed by atoms with E-state index >= 15 is 0 Å². The van der Waals surface area contributed by atoms with Gasteiger partial charge in [-0.25, -0.2) is 13.1 Å².